The maximum Gasteiger partial charge on any atom is 0.300 e. The Balaban J connectivity index is 1.93. The molecule has 1 aliphatic heterocycles. The van der Waals surface area contributed by atoms with Crippen LogP contribution >= 0.6 is 11.6 Å². The highest BCUT2D eigenvalue weighted by Crippen LogP contribution is 2.44. The summed E-state index contributed by atoms with van der Waals surface area (Å²) < 4.78 is 10.7. The van der Waals surface area contributed by atoms with Crippen LogP contribution in [0, 0.1) is 0 Å². The van der Waals surface area contributed by atoms with Crippen LogP contribution in [0.15, 0.2) is 72.3 Å². The van der Waals surface area contributed by atoms with Crippen molar-refractivity contribution in [3.8, 4) is 11.5 Å². The third-order valence-corrected chi connectivity index (χ3v) is 5.97. The lowest BCUT2D eigenvalue weighted by Crippen LogP contribution is -2.29. The number of amides is 2. The molecule has 36 heavy (non-hydrogen) atoms. The Hall–Kier alpha value is -4.30. The van der Waals surface area contributed by atoms with Gasteiger partial charge < -0.3 is 19.9 Å². The molecular weight excluding hydrogens is 484 g/mol. The molecule has 8 nitrogen and oxygen atoms in total. The zero-order valence-corrected chi connectivity index (χ0v) is 20.5. The first kappa shape index (κ1) is 24.8. The molecule has 0 aliphatic carbocycles. The molecule has 3 aromatic carbocycles. The summed E-state index contributed by atoms with van der Waals surface area (Å²) in [6.07, 6.45) is 0. The van der Waals surface area contributed by atoms with Gasteiger partial charge in [0.15, 0.2) is 0 Å². The summed E-state index contributed by atoms with van der Waals surface area (Å²) in [5.74, 6) is -1.55. The fourth-order valence-electron chi connectivity index (χ4n) is 4.14. The number of nitrogens with zero attached hydrogens (tertiary/aromatic N) is 1. The minimum atomic E-state index is -0.976. The van der Waals surface area contributed by atoms with Gasteiger partial charge in [0.05, 0.1) is 31.4 Å². The first-order valence-electron chi connectivity index (χ1n) is 10.9. The van der Waals surface area contributed by atoms with Gasteiger partial charge >= 0.3 is 0 Å². The van der Waals surface area contributed by atoms with Gasteiger partial charge in [-0.3, -0.25) is 19.3 Å². The molecule has 1 atom stereocenters. The number of rotatable bonds is 6. The van der Waals surface area contributed by atoms with Crippen LogP contribution in [0.5, 0.6) is 11.5 Å². The summed E-state index contributed by atoms with van der Waals surface area (Å²) in [7, 11) is 2.93. The lowest BCUT2D eigenvalue weighted by atomic mass is 9.94. The SMILES string of the molecule is COc1cccc(C2/C(=C(\O)c3cc(Cl)ccc3OC)C(=O)C(=O)N2c2ccc(NC(C)=O)cc2)c1. The quantitative estimate of drug-likeness (QED) is 0.279. The average Bonchev–Trinajstić information content (AvgIpc) is 3.14. The van der Waals surface area contributed by atoms with E-state index in [2.05, 4.69) is 5.32 Å². The number of hydrogen-bond acceptors (Lipinski definition) is 6. The van der Waals surface area contributed by atoms with Crippen LogP contribution in [0.25, 0.3) is 5.76 Å². The smallest absolute Gasteiger partial charge is 0.300 e. The molecule has 9 heteroatoms. The van der Waals surface area contributed by atoms with E-state index in [1.54, 1.807) is 60.7 Å². The van der Waals surface area contributed by atoms with E-state index in [0.29, 0.717) is 27.7 Å². The number of nitrogens with one attached hydrogen (secondary N) is 1. The number of carbonyl (C=O) groups is 3. The van der Waals surface area contributed by atoms with Gasteiger partial charge in [0, 0.05) is 23.3 Å². The number of Topliss-reactive ketones (excluding diaryl/α,β-unsaturated/α-hetero) is 1. The van der Waals surface area contributed by atoms with Crippen LogP contribution in [0.1, 0.15) is 24.1 Å². The minimum absolute atomic E-state index is 0.125. The second-order valence-corrected chi connectivity index (χ2v) is 8.45. The van der Waals surface area contributed by atoms with Crippen molar-refractivity contribution in [3.63, 3.8) is 0 Å². The Kier molecular flexibility index (Phi) is 6.98. The number of aliphatic hydroxyl groups is 1. The Morgan fingerprint density at radius 2 is 1.72 bits per heavy atom. The molecule has 184 valence electrons. The molecule has 0 bridgehead atoms. The van der Waals surface area contributed by atoms with Gasteiger partial charge in [-0.1, -0.05) is 23.7 Å². The van der Waals surface area contributed by atoms with E-state index in [0.717, 1.165) is 0 Å². The van der Waals surface area contributed by atoms with Gasteiger partial charge in [0.1, 0.15) is 17.3 Å². The molecule has 3 aromatic rings. The van der Waals surface area contributed by atoms with Crippen LogP contribution in [0.2, 0.25) is 5.02 Å². The van der Waals surface area contributed by atoms with Gasteiger partial charge in [0.25, 0.3) is 11.7 Å². The van der Waals surface area contributed by atoms with E-state index >= 15 is 0 Å². The molecule has 2 N–H and O–H groups in total. The van der Waals surface area contributed by atoms with Crippen molar-refractivity contribution in [2.45, 2.75) is 13.0 Å². The lowest BCUT2D eigenvalue weighted by molar-refractivity contribution is -0.132. The standard InChI is InChI=1S/C27H23ClN2O6/c1-15(31)29-18-8-10-19(11-9-18)30-24(16-5-4-6-20(13-16)35-2)23(26(33)27(30)34)25(32)21-14-17(28)7-12-22(21)36-3/h4-14,24,32H,1-3H3,(H,29,31)/b25-23+. The van der Waals surface area contributed by atoms with Crippen molar-refractivity contribution in [1.29, 1.82) is 0 Å². The Labute approximate surface area is 212 Å². The summed E-state index contributed by atoms with van der Waals surface area (Å²) in [5, 5.41) is 14.4. The number of hydrogen-bond donors (Lipinski definition) is 2. The fourth-order valence-corrected chi connectivity index (χ4v) is 4.32. The van der Waals surface area contributed by atoms with Crippen molar-refractivity contribution in [1.82, 2.24) is 0 Å². The first-order chi connectivity index (χ1) is 17.2. The van der Waals surface area contributed by atoms with E-state index < -0.39 is 23.5 Å². The summed E-state index contributed by atoms with van der Waals surface area (Å²) in [5.41, 5.74) is 1.53. The molecule has 1 unspecified atom stereocenters. The monoisotopic (exact) mass is 506 g/mol. The molecule has 2 amide bonds. The summed E-state index contributed by atoms with van der Waals surface area (Å²) >= 11 is 6.16. The van der Waals surface area contributed by atoms with Crippen molar-refractivity contribution in [3.05, 3.63) is 88.5 Å². The predicted molar refractivity (Wildman–Crippen MR) is 137 cm³/mol. The first-order valence-corrected chi connectivity index (χ1v) is 11.3. The highest BCUT2D eigenvalue weighted by Gasteiger charge is 2.47. The number of carbonyl (C=O) groups excluding carboxylic acids is 3. The second kappa shape index (κ2) is 10.1. The third-order valence-electron chi connectivity index (χ3n) is 5.74. The summed E-state index contributed by atoms with van der Waals surface area (Å²) in [4.78, 5) is 39.4. The Morgan fingerprint density at radius 1 is 1.00 bits per heavy atom. The van der Waals surface area contributed by atoms with Gasteiger partial charge in [-0.2, -0.15) is 0 Å². The molecule has 1 aliphatic rings. The average molecular weight is 507 g/mol. The maximum absolute atomic E-state index is 13.4. The van der Waals surface area contributed by atoms with E-state index in [9.17, 15) is 19.5 Å². The molecule has 0 radical (unpaired) electrons. The second-order valence-electron chi connectivity index (χ2n) is 8.02. The number of ketones is 1. The summed E-state index contributed by atoms with van der Waals surface area (Å²) in [6, 6.07) is 17.0. The number of aliphatic hydroxyl groups excluding tert-OH is 1. The van der Waals surface area contributed by atoms with Crippen molar-refractivity contribution in [2.75, 3.05) is 24.4 Å². The van der Waals surface area contributed by atoms with Crippen LogP contribution in [-0.4, -0.2) is 36.9 Å². The normalized spacial score (nSPS) is 16.7. The highest BCUT2D eigenvalue weighted by molar-refractivity contribution is 6.51. The summed E-state index contributed by atoms with van der Waals surface area (Å²) in [6.45, 7) is 1.39. The molecule has 1 fully saturated rings. The highest BCUT2D eigenvalue weighted by atomic mass is 35.5. The van der Waals surface area contributed by atoms with E-state index in [-0.39, 0.29) is 22.8 Å². The minimum Gasteiger partial charge on any atom is -0.507 e. The van der Waals surface area contributed by atoms with Gasteiger partial charge in [0.2, 0.25) is 5.91 Å². The largest absolute Gasteiger partial charge is 0.507 e. The molecule has 4 rings (SSSR count). The third kappa shape index (κ3) is 4.63. The van der Waals surface area contributed by atoms with Crippen LogP contribution in [0.3, 0.4) is 0 Å². The maximum atomic E-state index is 13.4. The molecule has 1 heterocycles. The number of ether oxygens (including phenoxy) is 2. The van der Waals surface area contributed by atoms with Crippen molar-refractivity contribution >= 4 is 46.3 Å². The molecule has 0 saturated carbocycles. The molecule has 1 saturated heterocycles. The van der Waals surface area contributed by atoms with Gasteiger partial charge in [-0.05, 0) is 60.2 Å². The van der Waals surface area contributed by atoms with Crippen LogP contribution < -0.4 is 19.7 Å². The number of halogens is 1. The van der Waals surface area contributed by atoms with Crippen molar-refractivity contribution < 1.29 is 29.0 Å². The van der Waals surface area contributed by atoms with Crippen LogP contribution in [-0.2, 0) is 14.4 Å². The van der Waals surface area contributed by atoms with E-state index in [4.69, 9.17) is 21.1 Å². The Morgan fingerprint density at radius 3 is 2.36 bits per heavy atom. The lowest BCUT2D eigenvalue weighted by Gasteiger charge is -2.26. The predicted octanol–water partition coefficient (Wildman–Crippen LogP) is 4.94. The number of methoxy groups -OCH3 is 2. The topological polar surface area (TPSA) is 105 Å². The zero-order valence-electron chi connectivity index (χ0n) is 19.7. The fraction of sp³-hybridized carbons (Fsp3) is 0.148. The van der Waals surface area contributed by atoms with Gasteiger partial charge in [-0.15, -0.1) is 0 Å². The van der Waals surface area contributed by atoms with Crippen LogP contribution in [0.4, 0.5) is 11.4 Å². The molecular formula is C27H23ClN2O6. The zero-order chi connectivity index (χ0) is 26.0. The van der Waals surface area contributed by atoms with E-state index in [1.807, 2.05) is 0 Å². The van der Waals surface area contributed by atoms with E-state index in [1.165, 1.54) is 32.1 Å². The number of benzene rings is 3. The van der Waals surface area contributed by atoms with Crippen molar-refractivity contribution in [2.24, 2.45) is 0 Å². The molecule has 0 aromatic heterocycles. The Bertz CT molecular complexity index is 1380. The van der Waals surface area contributed by atoms with Gasteiger partial charge in [-0.25, -0.2) is 0 Å². The number of anilines is 2. The molecule has 0 spiro atoms.